The van der Waals surface area contributed by atoms with Crippen LogP contribution in [0.4, 0.5) is 0 Å². The minimum atomic E-state index is -1.06. The highest BCUT2D eigenvalue weighted by Gasteiger charge is 2.13. The Hall–Kier alpha value is -1.13. The minimum absolute atomic E-state index is 0.443. The summed E-state index contributed by atoms with van der Waals surface area (Å²) in [6.45, 7) is 14.1. The van der Waals surface area contributed by atoms with Gasteiger partial charge in [0.25, 0.3) is 0 Å². The van der Waals surface area contributed by atoms with Gasteiger partial charge in [-0.25, -0.2) is 0 Å². The molecule has 1 heterocycles. The summed E-state index contributed by atoms with van der Waals surface area (Å²) in [7, 11) is 5.13. The second kappa shape index (κ2) is 9.89. The van der Waals surface area contributed by atoms with E-state index in [1.807, 2.05) is 30.6 Å². The van der Waals surface area contributed by atoms with E-state index in [1.165, 1.54) is 0 Å². The zero-order valence-corrected chi connectivity index (χ0v) is 16.4. The first-order valence-corrected chi connectivity index (χ1v) is 12.3. The number of nitrogens with one attached hydrogen (secondary N) is 1. The van der Waals surface area contributed by atoms with E-state index < -0.39 is 8.07 Å². The first kappa shape index (κ1) is 19.9. The maximum atomic E-state index is 6.19. The Morgan fingerprint density at radius 1 is 1.48 bits per heavy atom. The van der Waals surface area contributed by atoms with E-state index in [9.17, 15) is 0 Å². The third-order valence-corrected chi connectivity index (χ3v) is 5.63. The topological polar surface area (TPSA) is 21.3 Å². The molecule has 0 aromatic carbocycles. The Kier molecular flexibility index (Phi) is 8.56. The molecule has 0 bridgehead atoms. The molecule has 0 spiro atoms. The third kappa shape index (κ3) is 8.33. The lowest BCUT2D eigenvalue weighted by Gasteiger charge is -2.19. The Morgan fingerprint density at radius 3 is 2.83 bits per heavy atom. The summed E-state index contributed by atoms with van der Waals surface area (Å²) < 4.78 is 5.73. The van der Waals surface area contributed by atoms with E-state index in [4.69, 9.17) is 12.6 Å². The van der Waals surface area contributed by atoms with Gasteiger partial charge in [-0.3, -0.25) is 0 Å². The zero-order chi connectivity index (χ0) is 17.3. The number of ether oxygens (including phenoxy) is 1. The number of allylic oxidation sites excluding steroid dienone is 5. The van der Waals surface area contributed by atoms with Gasteiger partial charge < -0.3 is 10.1 Å². The van der Waals surface area contributed by atoms with Crippen LogP contribution in [0.3, 0.4) is 0 Å². The highest BCUT2D eigenvalue weighted by molar-refractivity contribution is 8.06. The van der Waals surface area contributed by atoms with Crippen molar-refractivity contribution in [2.24, 2.45) is 0 Å². The molecule has 0 aromatic heterocycles. The number of rotatable bonds is 8. The van der Waals surface area contributed by atoms with Crippen LogP contribution < -0.4 is 5.32 Å². The molecule has 2 nitrogen and oxygen atoms in total. The summed E-state index contributed by atoms with van der Waals surface area (Å²) in [6, 6.07) is 1.15. The first-order chi connectivity index (χ1) is 10.8. The van der Waals surface area contributed by atoms with Crippen molar-refractivity contribution in [3.8, 4) is 0 Å². The van der Waals surface area contributed by atoms with Crippen LogP contribution in [-0.2, 0) is 4.74 Å². The quantitative estimate of drug-likeness (QED) is 0.227. The van der Waals surface area contributed by atoms with Gasteiger partial charge in [0.15, 0.2) is 0 Å². The van der Waals surface area contributed by atoms with Gasteiger partial charge in [-0.15, -0.1) is 5.73 Å². The summed E-state index contributed by atoms with van der Waals surface area (Å²) >= 11 is 1.62. The smallest absolute Gasteiger partial charge is 0.117 e. The van der Waals surface area contributed by atoms with Gasteiger partial charge >= 0.3 is 0 Å². The van der Waals surface area contributed by atoms with E-state index in [0.717, 1.165) is 28.8 Å². The van der Waals surface area contributed by atoms with E-state index in [-0.39, 0.29) is 0 Å². The highest BCUT2D eigenvalue weighted by Crippen LogP contribution is 2.30. The van der Waals surface area contributed by atoms with Gasteiger partial charge in [0.05, 0.1) is 0 Å². The van der Waals surface area contributed by atoms with Crippen LogP contribution in [0.25, 0.3) is 0 Å². The lowest BCUT2D eigenvalue weighted by molar-refractivity contribution is 0.136. The van der Waals surface area contributed by atoms with Crippen LogP contribution in [0, 0.1) is 0 Å². The van der Waals surface area contributed by atoms with Crippen LogP contribution in [0.1, 0.15) is 6.92 Å². The second-order valence-corrected chi connectivity index (χ2v) is 13.0. The van der Waals surface area contributed by atoms with Crippen LogP contribution in [0.15, 0.2) is 63.7 Å². The molecule has 23 heavy (non-hydrogen) atoms. The number of hydrogen-bond donors (Lipinski definition) is 1. The van der Waals surface area contributed by atoms with Gasteiger partial charge in [0.2, 0.25) is 0 Å². The van der Waals surface area contributed by atoms with Gasteiger partial charge in [0.1, 0.15) is 14.6 Å². The molecule has 0 fully saturated rings. The molecule has 1 aliphatic rings. The summed E-state index contributed by atoms with van der Waals surface area (Å²) in [4.78, 5) is 1.04. The molecule has 0 atom stereocenters. The molecule has 1 N–H and O–H groups in total. The van der Waals surface area contributed by atoms with E-state index in [2.05, 4.69) is 37.3 Å². The Labute approximate surface area is 147 Å². The standard InChI is InChI=1S/C18H26BNOSSi/c1-6-7-8-16(19)18(17-13-15(2)9-11-22-17)20-14-21-10-12-23(3,4)5/h6,8-9,11,13,20H,2,10,12,14H2,1,3-5H3/b18-16+. The lowest BCUT2D eigenvalue weighted by atomic mass is 9.92. The van der Waals surface area contributed by atoms with Gasteiger partial charge in [0, 0.05) is 25.3 Å². The van der Waals surface area contributed by atoms with Crippen LogP contribution in [-0.4, -0.2) is 29.3 Å². The Balaban J connectivity index is 2.74. The highest BCUT2D eigenvalue weighted by atomic mass is 32.2. The molecule has 0 saturated carbocycles. The van der Waals surface area contributed by atoms with Crippen LogP contribution in [0.2, 0.25) is 25.7 Å². The average molecular weight is 343 g/mol. The fraction of sp³-hybridized carbons (Fsp3) is 0.389. The van der Waals surface area contributed by atoms with Crippen LogP contribution in [0.5, 0.6) is 0 Å². The predicted molar refractivity (Wildman–Crippen MR) is 107 cm³/mol. The van der Waals surface area contributed by atoms with E-state index in [1.54, 1.807) is 17.8 Å². The molecule has 0 aromatic rings. The SMILES string of the molecule is [B]/C(C=C=CC)=C(/NCOCC[Si](C)(C)C)C1=CC(=C)C=CS1. The average Bonchev–Trinajstić information content (AvgIpc) is 2.47. The van der Waals surface area contributed by atoms with Crippen molar-refractivity contribution in [2.75, 3.05) is 13.3 Å². The van der Waals surface area contributed by atoms with Gasteiger partial charge in [-0.1, -0.05) is 43.5 Å². The summed E-state index contributed by atoms with van der Waals surface area (Å²) in [5, 5.41) is 5.32. The number of thioether (sulfide) groups is 1. The summed E-state index contributed by atoms with van der Waals surface area (Å²) in [5.74, 6) is 0. The molecule has 0 aliphatic carbocycles. The molecule has 0 saturated heterocycles. The Morgan fingerprint density at radius 2 is 2.22 bits per heavy atom. The molecule has 1 rings (SSSR count). The van der Waals surface area contributed by atoms with E-state index >= 15 is 0 Å². The molecular formula is C18H26BNOSSi. The van der Waals surface area contributed by atoms with Crippen molar-refractivity contribution < 1.29 is 4.74 Å². The van der Waals surface area contributed by atoms with Crippen molar-refractivity contribution >= 4 is 27.7 Å². The normalized spacial score (nSPS) is 15.5. The van der Waals surface area contributed by atoms with Crippen LogP contribution >= 0.6 is 11.8 Å². The lowest BCUT2D eigenvalue weighted by Crippen LogP contribution is -2.25. The molecular weight excluding hydrogens is 317 g/mol. The minimum Gasteiger partial charge on any atom is -0.362 e. The van der Waals surface area contributed by atoms with Gasteiger partial charge in [-0.2, -0.15) is 0 Å². The van der Waals surface area contributed by atoms with Crippen molar-refractivity contribution in [2.45, 2.75) is 32.6 Å². The van der Waals surface area contributed by atoms with Gasteiger partial charge in [-0.05, 0) is 48.3 Å². The molecule has 2 radical (unpaired) electrons. The van der Waals surface area contributed by atoms with E-state index in [0.29, 0.717) is 12.2 Å². The molecule has 5 heteroatoms. The maximum Gasteiger partial charge on any atom is 0.117 e. The Bertz CT molecular complexity index is 578. The monoisotopic (exact) mass is 343 g/mol. The number of hydrogen-bond acceptors (Lipinski definition) is 3. The fourth-order valence-corrected chi connectivity index (χ4v) is 3.40. The molecule has 0 unspecified atom stereocenters. The van der Waals surface area contributed by atoms with Crippen molar-refractivity contribution in [1.29, 1.82) is 0 Å². The molecule has 0 amide bonds. The summed E-state index contributed by atoms with van der Waals surface area (Å²) in [5.41, 5.74) is 5.48. The first-order valence-electron chi connectivity index (χ1n) is 7.76. The molecule has 122 valence electrons. The second-order valence-electron chi connectivity index (χ2n) is 6.47. The third-order valence-electron chi connectivity index (χ3n) is 3.08. The largest absolute Gasteiger partial charge is 0.362 e. The predicted octanol–water partition coefficient (Wildman–Crippen LogP) is 4.70. The van der Waals surface area contributed by atoms with Crippen molar-refractivity contribution in [1.82, 2.24) is 5.32 Å². The molecule has 1 aliphatic heterocycles. The maximum absolute atomic E-state index is 6.19. The summed E-state index contributed by atoms with van der Waals surface area (Å²) in [6.07, 6.45) is 7.60. The van der Waals surface area contributed by atoms with Crippen molar-refractivity contribution in [3.05, 3.63) is 63.7 Å². The van der Waals surface area contributed by atoms with Crippen molar-refractivity contribution in [3.63, 3.8) is 0 Å². The zero-order valence-electron chi connectivity index (χ0n) is 14.6. The fourth-order valence-electron chi connectivity index (χ4n) is 1.73.